The number of hydrogen-bond acceptors (Lipinski definition) is 4. The molecule has 0 aliphatic heterocycles. The molecule has 6 nitrogen and oxygen atoms in total. The van der Waals surface area contributed by atoms with E-state index in [-0.39, 0.29) is 0 Å². The molecule has 1 aromatic rings. The van der Waals surface area contributed by atoms with Gasteiger partial charge in [-0.15, -0.1) is 0 Å². The lowest BCUT2D eigenvalue weighted by Crippen LogP contribution is -2.49. The highest BCUT2D eigenvalue weighted by atomic mass is 15.8. The molecule has 0 bridgehead atoms. The van der Waals surface area contributed by atoms with Gasteiger partial charge in [-0.2, -0.15) is 0 Å². The molecule has 0 aromatic carbocycles. The summed E-state index contributed by atoms with van der Waals surface area (Å²) in [5, 5.41) is 11.7. The minimum absolute atomic E-state index is 0.903. The molecular formula is H3N6+. The molecule has 0 unspecified atom stereocenters. The van der Waals surface area contributed by atoms with Crippen LogP contribution >= 0.6 is 0 Å². The quantitative estimate of drug-likeness (QED) is 0.264. The summed E-state index contributed by atoms with van der Waals surface area (Å²) < 4.78 is 0. The highest BCUT2D eigenvalue weighted by Crippen LogP contribution is 1.25. The lowest BCUT2D eigenvalue weighted by Gasteiger charge is -1.62. The van der Waals surface area contributed by atoms with Gasteiger partial charge in [-0.1, -0.05) is 0 Å². The number of nitrogens with zero attached hydrogens (tertiary/aromatic N) is 4. The van der Waals surface area contributed by atoms with E-state index in [1.54, 1.807) is 0 Å². The summed E-state index contributed by atoms with van der Waals surface area (Å²) in [6, 6.07) is 0. The molecule has 0 aliphatic rings. The molecule has 3 N–H and O–H groups in total. The predicted molar refractivity (Wildman–Crippen MR) is 14.5 cm³/mol. The Kier molecular flexibility index (Phi) is 0.444. The van der Waals surface area contributed by atoms with Gasteiger partial charge in [-0.05, 0) is 5.21 Å². The van der Waals surface area contributed by atoms with Crippen molar-refractivity contribution in [2.24, 2.45) is 0 Å². The van der Waals surface area contributed by atoms with E-state index in [0.29, 0.717) is 0 Å². The number of aromatic amines is 1. The fraction of sp³-hybridized carbons (Fsp3) is 0. The van der Waals surface area contributed by atoms with Crippen LogP contribution < -0.4 is 10.7 Å². The molecule has 32 valence electrons. The lowest BCUT2D eigenvalue weighted by atomic mass is 12.4. The average Bonchev–Trinajstić information content (AvgIpc) is 1.86. The van der Waals surface area contributed by atoms with Gasteiger partial charge in [-0.25, -0.2) is 0 Å². The molecule has 0 saturated carbocycles. The van der Waals surface area contributed by atoms with Gasteiger partial charge in [0.05, 0.1) is 0 Å². The third-order valence-corrected chi connectivity index (χ3v) is 0.328. The molecule has 0 saturated heterocycles. The SMILES string of the molecule is N[n+]1nnn[nH]1. The van der Waals surface area contributed by atoms with Crippen molar-refractivity contribution >= 4 is 0 Å². The van der Waals surface area contributed by atoms with E-state index >= 15 is 0 Å². The highest BCUT2D eigenvalue weighted by Gasteiger charge is 1.86. The van der Waals surface area contributed by atoms with Gasteiger partial charge >= 0.3 is 0 Å². The van der Waals surface area contributed by atoms with Crippen LogP contribution in [0.5, 0.6) is 0 Å². The molecular weight excluding hydrogens is 84.0 g/mol. The van der Waals surface area contributed by atoms with Crippen LogP contribution in [0.1, 0.15) is 0 Å². The highest BCUT2D eigenvalue weighted by molar-refractivity contribution is 3.70. The summed E-state index contributed by atoms with van der Waals surface area (Å²) in [6.45, 7) is 0. The Morgan fingerprint density at radius 1 is 1.67 bits per heavy atom. The van der Waals surface area contributed by atoms with Gasteiger partial charge in [0.15, 0.2) is 5.21 Å². The summed E-state index contributed by atoms with van der Waals surface area (Å²) >= 11 is 0. The summed E-state index contributed by atoms with van der Waals surface area (Å²) in [6.07, 6.45) is 0. The predicted octanol–water partition coefficient (Wildman–Crippen LogP) is -2.80. The molecule has 0 amide bonds. The van der Waals surface area contributed by atoms with Crippen LogP contribution in [0.25, 0.3) is 0 Å². The summed E-state index contributed by atoms with van der Waals surface area (Å²) in [5.41, 5.74) is 0. The Labute approximate surface area is 32.9 Å². The van der Waals surface area contributed by atoms with Crippen LogP contribution in [-0.2, 0) is 0 Å². The number of H-pyrrole nitrogens is 1. The third kappa shape index (κ3) is 0.270. The van der Waals surface area contributed by atoms with E-state index < -0.39 is 0 Å². The molecule has 1 aromatic heterocycles. The zero-order chi connectivity index (χ0) is 4.41. The van der Waals surface area contributed by atoms with Crippen LogP contribution in [0.2, 0.25) is 0 Å². The molecule has 0 radical (unpaired) electrons. The number of nitrogen functional groups attached to an aromatic ring is 1. The average molecular weight is 87.1 g/mol. The fourth-order valence-electron chi connectivity index (χ4n) is 0.149. The molecule has 0 spiro atoms. The van der Waals surface area contributed by atoms with E-state index in [1.165, 1.54) is 0 Å². The summed E-state index contributed by atoms with van der Waals surface area (Å²) in [5.74, 6) is 4.90. The maximum absolute atomic E-state index is 4.90. The second-order valence-electron chi connectivity index (χ2n) is 0.723. The van der Waals surface area contributed by atoms with Crippen molar-refractivity contribution in [3.05, 3.63) is 0 Å². The van der Waals surface area contributed by atoms with Crippen molar-refractivity contribution in [3.63, 3.8) is 0 Å². The number of nitrogens with one attached hydrogen (secondary N) is 1. The Morgan fingerprint density at radius 3 is 2.67 bits per heavy atom. The summed E-state index contributed by atoms with van der Waals surface area (Å²) in [7, 11) is 0. The van der Waals surface area contributed by atoms with Crippen LogP contribution in [0.15, 0.2) is 0 Å². The smallest absolute Gasteiger partial charge is 0.233 e. The first-order chi connectivity index (χ1) is 2.89. The number of rotatable bonds is 0. The van der Waals surface area contributed by atoms with E-state index in [9.17, 15) is 0 Å². The lowest BCUT2D eigenvalue weighted by molar-refractivity contribution is -0.757. The monoisotopic (exact) mass is 87.0 g/mol. The number of nitrogens with two attached hydrogens (primary N) is 1. The second kappa shape index (κ2) is 0.886. The van der Waals surface area contributed by atoms with Crippen LogP contribution in [0.4, 0.5) is 0 Å². The largest absolute Gasteiger partial charge is 0.252 e. The first-order valence-corrected chi connectivity index (χ1v) is 1.31. The Morgan fingerprint density at radius 2 is 2.50 bits per heavy atom. The van der Waals surface area contributed by atoms with E-state index in [2.05, 4.69) is 20.9 Å². The molecule has 0 aliphatic carbocycles. The molecule has 1 rings (SSSR count). The van der Waals surface area contributed by atoms with Gasteiger partial charge in [0, 0.05) is 4.91 Å². The second-order valence-corrected chi connectivity index (χ2v) is 0.723. The van der Waals surface area contributed by atoms with Crippen molar-refractivity contribution < 1.29 is 4.91 Å². The van der Waals surface area contributed by atoms with E-state index in [4.69, 9.17) is 5.84 Å². The van der Waals surface area contributed by atoms with Gasteiger partial charge in [0.2, 0.25) is 10.4 Å². The minimum Gasteiger partial charge on any atom is -0.252 e. The van der Waals surface area contributed by atoms with Crippen molar-refractivity contribution in [3.8, 4) is 0 Å². The molecule has 1 heterocycles. The number of hydrogen-bond donors (Lipinski definition) is 2. The Hall–Kier alpha value is -1.20. The molecule has 0 fully saturated rings. The van der Waals surface area contributed by atoms with Crippen LogP contribution in [0.3, 0.4) is 0 Å². The van der Waals surface area contributed by atoms with E-state index in [0.717, 1.165) is 4.91 Å². The molecule has 0 atom stereocenters. The first-order valence-electron chi connectivity index (χ1n) is 1.31. The normalized spacial score (nSPS) is 8.67. The maximum Gasteiger partial charge on any atom is 0.233 e. The summed E-state index contributed by atoms with van der Waals surface area (Å²) in [4.78, 5) is 0.903. The van der Waals surface area contributed by atoms with Crippen LogP contribution in [0, 0.1) is 0 Å². The van der Waals surface area contributed by atoms with Crippen molar-refractivity contribution in [1.29, 1.82) is 0 Å². The van der Waals surface area contributed by atoms with E-state index in [1.807, 2.05) is 0 Å². The molecule has 6 heteroatoms. The van der Waals surface area contributed by atoms with Gasteiger partial charge < -0.3 is 0 Å². The van der Waals surface area contributed by atoms with Crippen molar-refractivity contribution in [1.82, 2.24) is 20.9 Å². The molecule has 6 heavy (non-hydrogen) atoms. The Bertz CT molecular complexity index is 104. The van der Waals surface area contributed by atoms with Crippen molar-refractivity contribution in [2.75, 3.05) is 5.84 Å². The standard InChI is InChI=1S/H2N6/c1-6-4-2-3-5-6/h1H2/p+1. The Balaban J connectivity index is 3.05. The zero-order valence-electron chi connectivity index (χ0n) is 2.87. The van der Waals surface area contributed by atoms with Gasteiger partial charge in [0.25, 0.3) is 0 Å². The van der Waals surface area contributed by atoms with Crippen molar-refractivity contribution in [2.45, 2.75) is 0 Å². The maximum atomic E-state index is 4.90. The van der Waals surface area contributed by atoms with Gasteiger partial charge in [-0.3, -0.25) is 5.84 Å². The number of aromatic nitrogens is 5. The first kappa shape index (κ1) is 3.01. The third-order valence-electron chi connectivity index (χ3n) is 0.328. The topological polar surface area (TPSA) is 84.4 Å². The minimum atomic E-state index is 0.903. The van der Waals surface area contributed by atoms with Gasteiger partial charge in [0.1, 0.15) is 0 Å². The zero-order valence-corrected chi connectivity index (χ0v) is 2.87. The van der Waals surface area contributed by atoms with Crippen LogP contribution in [-0.4, -0.2) is 20.9 Å². The fourth-order valence-corrected chi connectivity index (χ4v) is 0.149.